The Balaban J connectivity index is 2.00. The Hall–Kier alpha value is -1.87. The number of hydrogen-bond donors (Lipinski definition) is 0. The average Bonchev–Trinajstić information content (AvgIpc) is 2.42. The zero-order valence-corrected chi connectivity index (χ0v) is 11.5. The van der Waals surface area contributed by atoms with E-state index in [0.717, 1.165) is 18.8 Å². The summed E-state index contributed by atoms with van der Waals surface area (Å²) in [6.07, 6.45) is 3.71. The number of benzene rings is 1. The van der Waals surface area contributed by atoms with E-state index in [1.165, 1.54) is 11.1 Å². The molecule has 3 heteroatoms. The van der Waals surface area contributed by atoms with Gasteiger partial charge in [-0.2, -0.15) is 0 Å². The van der Waals surface area contributed by atoms with Crippen LogP contribution in [0.4, 0.5) is 0 Å². The van der Waals surface area contributed by atoms with Gasteiger partial charge in [0.15, 0.2) is 0 Å². The summed E-state index contributed by atoms with van der Waals surface area (Å²) < 4.78 is 5.65. The molecule has 0 bridgehead atoms. The van der Waals surface area contributed by atoms with Crippen molar-refractivity contribution < 1.29 is 4.74 Å². The van der Waals surface area contributed by atoms with Gasteiger partial charge in [-0.1, -0.05) is 24.3 Å². The fourth-order valence-electron chi connectivity index (χ4n) is 2.08. The van der Waals surface area contributed by atoms with Gasteiger partial charge in [-0.05, 0) is 31.7 Å². The van der Waals surface area contributed by atoms with E-state index in [1.54, 1.807) is 6.20 Å². The predicted octanol–water partition coefficient (Wildman–Crippen LogP) is 3.11. The van der Waals surface area contributed by atoms with Crippen molar-refractivity contribution in [2.45, 2.75) is 20.0 Å². The zero-order chi connectivity index (χ0) is 13.5. The molecule has 0 aliphatic carbocycles. The first-order chi connectivity index (χ1) is 9.29. The van der Waals surface area contributed by atoms with Crippen LogP contribution in [0.15, 0.2) is 48.8 Å². The molecule has 0 atom stereocenters. The summed E-state index contributed by atoms with van der Waals surface area (Å²) in [6, 6.07) is 12.3. The molecule has 0 saturated carbocycles. The van der Waals surface area contributed by atoms with Gasteiger partial charge in [-0.3, -0.25) is 9.88 Å². The third-order valence-electron chi connectivity index (χ3n) is 2.89. The van der Waals surface area contributed by atoms with Gasteiger partial charge in [0.25, 0.3) is 0 Å². The Labute approximate surface area is 114 Å². The van der Waals surface area contributed by atoms with E-state index in [4.69, 9.17) is 4.74 Å². The highest BCUT2D eigenvalue weighted by Crippen LogP contribution is 2.20. The van der Waals surface area contributed by atoms with Gasteiger partial charge in [0.05, 0.1) is 6.61 Å². The summed E-state index contributed by atoms with van der Waals surface area (Å²) in [7, 11) is 2.11. The highest BCUT2D eigenvalue weighted by atomic mass is 16.5. The smallest absolute Gasteiger partial charge is 0.123 e. The molecule has 100 valence electrons. The maximum Gasteiger partial charge on any atom is 0.123 e. The molecule has 2 rings (SSSR count). The van der Waals surface area contributed by atoms with Crippen LogP contribution >= 0.6 is 0 Å². The Bertz CT molecular complexity index is 499. The third kappa shape index (κ3) is 4.07. The molecule has 19 heavy (non-hydrogen) atoms. The van der Waals surface area contributed by atoms with Gasteiger partial charge in [-0.15, -0.1) is 0 Å². The number of pyridine rings is 1. The van der Waals surface area contributed by atoms with E-state index >= 15 is 0 Å². The lowest BCUT2D eigenvalue weighted by Crippen LogP contribution is -2.17. The lowest BCUT2D eigenvalue weighted by molar-refractivity contribution is 0.297. The van der Waals surface area contributed by atoms with Crippen molar-refractivity contribution in [1.82, 2.24) is 9.88 Å². The molecule has 0 fully saturated rings. The van der Waals surface area contributed by atoms with Crippen LogP contribution in [0.5, 0.6) is 5.75 Å². The minimum absolute atomic E-state index is 0.698. The fourth-order valence-corrected chi connectivity index (χ4v) is 2.08. The second-order valence-corrected chi connectivity index (χ2v) is 4.57. The quantitative estimate of drug-likeness (QED) is 0.794. The van der Waals surface area contributed by atoms with Crippen LogP contribution < -0.4 is 4.74 Å². The highest BCUT2D eigenvalue weighted by molar-refractivity contribution is 5.33. The normalized spacial score (nSPS) is 10.7. The number of aromatic nitrogens is 1. The molecule has 0 unspecified atom stereocenters. The largest absolute Gasteiger partial charge is 0.494 e. The number of nitrogens with zero attached hydrogens (tertiary/aromatic N) is 2. The molecule has 0 radical (unpaired) electrons. The molecule has 0 saturated heterocycles. The first-order valence-corrected chi connectivity index (χ1v) is 6.57. The van der Waals surface area contributed by atoms with Crippen molar-refractivity contribution >= 4 is 0 Å². The van der Waals surface area contributed by atoms with E-state index in [0.29, 0.717) is 6.61 Å². The number of hydrogen-bond acceptors (Lipinski definition) is 3. The Morgan fingerprint density at radius 3 is 2.68 bits per heavy atom. The summed E-state index contributed by atoms with van der Waals surface area (Å²) in [5, 5.41) is 0. The molecule has 1 aromatic heterocycles. The number of ether oxygens (including phenoxy) is 1. The van der Waals surface area contributed by atoms with Crippen LogP contribution in [0.3, 0.4) is 0 Å². The Morgan fingerprint density at radius 1 is 1.11 bits per heavy atom. The molecule has 0 spiro atoms. The average molecular weight is 256 g/mol. The van der Waals surface area contributed by atoms with Crippen LogP contribution in [0.25, 0.3) is 0 Å². The minimum atomic E-state index is 0.698. The van der Waals surface area contributed by atoms with Gasteiger partial charge in [-0.25, -0.2) is 0 Å². The highest BCUT2D eigenvalue weighted by Gasteiger charge is 2.06. The van der Waals surface area contributed by atoms with Crippen molar-refractivity contribution in [2.24, 2.45) is 0 Å². The maximum absolute atomic E-state index is 5.65. The summed E-state index contributed by atoms with van der Waals surface area (Å²) in [5.74, 6) is 0.975. The van der Waals surface area contributed by atoms with E-state index < -0.39 is 0 Å². The molecular weight excluding hydrogens is 236 g/mol. The second-order valence-electron chi connectivity index (χ2n) is 4.57. The fraction of sp³-hybridized carbons (Fsp3) is 0.312. The Morgan fingerprint density at radius 2 is 1.95 bits per heavy atom. The molecule has 1 aromatic carbocycles. The lowest BCUT2D eigenvalue weighted by atomic mass is 10.2. The summed E-state index contributed by atoms with van der Waals surface area (Å²) >= 11 is 0. The monoisotopic (exact) mass is 256 g/mol. The SMILES string of the molecule is CCOc1ccccc1CN(C)Cc1cccnc1. The lowest BCUT2D eigenvalue weighted by Gasteiger charge is -2.18. The van der Waals surface area contributed by atoms with E-state index in [9.17, 15) is 0 Å². The molecule has 0 N–H and O–H groups in total. The molecular formula is C16H20N2O. The summed E-state index contributed by atoms with van der Waals surface area (Å²) in [5.41, 5.74) is 2.44. The van der Waals surface area contributed by atoms with Crippen molar-refractivity contribution in [1.29, 1.82) is 0 Å². The number of para-hydroxylation sites is 1. The van der Waals surface area contributed by atoms with Crippen molar-refractivity contribution in [3.8, 4) is 5.75 Å². The van der Waals surface area contributed by atoms with Gasteiger partial charge >= 0.3 is 0 Å². The van der Waals surface area contributed by atoms with Gasteiger partial charge in [0.2, 0.25) is 0 Å². The first kappa shape index (κ1) is 13.6. The predicted molar refractivity (Wildman–Crippen MR) is 77.0 cm³/mol. The van der Waals surface area contributed by atoms with Crippen molar-refractivity contribution in [3.63, 3.8) is 0 Å². The van der Waals surface area contributed by atoms with Crippen LogP contribution in [-0.4, -0.2) is 23.5 Å². The van der Waals surface area contributed by atoms with Crippen molar-refractivity contribution in [2.75, 3.05) is 13.7 Å². The van der Waals surface area contributed by atoms with Gasteiger partial charge in [0, 0.05) is 31.0 Å². The summed E-state index contributed by atoms with van der Waals surface area (Å²) in [4.78, 5) is 6.40. The van der Waals surface area contributed by atoms with E-state index in [2.05, 4.69) is 35.1 Å². The molecule has 2 aromatic rings. The van der Waals surface area contributed by atoms with Gasteiger partial charge < -0.3 is 4.74 Å². The third-order valence-corrected chi connectivity index (χ3v) is 2.89. The molecule has 0 aliphatic heterocycles. The van der Waals surface area contributed by atoms with E-state index in [1.807, 2.05) is 31.3 Å². The molecule has 3 nitrogen and oxygen atoms in total. The first-order valence-electron chi connectivity index (χ1n) is 6.57. The standard InChI is InChI=1S/C16H20N2O/c1-3-19-16-9-5-4-8-15(16)13-18(2)12-14-7-6-10-17-11-14/h4-11H,3,12-13H2,1-2H3. The van der Waals surface area contributed by atoms with Gasteiger partial charge in [0.1, 0.15) is 5.75 Å². The van der Waals surface area contributed by atoms with E-state index in [-0.39, 0.29) is 0 Å². The van der Waals surface area contributed by atoms with Crippen LogP contribution in [0.1, 0.15) is 18.1 Å². The maximum atomic E-state index is 5.65. The van der Waals surface area contributed by atoms with Crippen LogP contribution in [-0.2, 0) is 13.1 Å². The topological polar surface area (TPSA) is 25.4 Å². The zero-order valence-electron chi connectivity index (χ0n) is 11.5. The second kappa shape index (κ2) is 6.90. The number of rotatable bonds is 6. The Kier molecular flexibility index (Phi) is 4.93. The molecule has 0 amide bonds. The summed E-state index contributed by atoms with van der Waals surface area (Å²) in [6.45, 7) is 4.46. The molecule has 0 aliphatic rings. The molecule has 1 heterocycles. The van der Waals surface area contributed by atoms with Crippen molar-refractivity contribution in [3.05, 3.63) is 59.9 Å². The minimum Gasteiger partial charge on any atom is -0.494 e. The van der Waals surface area contributed by atoms with Crippen LogP contribution in [0.2, 0.25) is 0 Å². The van der Waals surface area contributed by atoms with Crippen LogP contribution in [0, 0.1) is 0 Å².